The Morgan fingerprint density at radius 3 is 2.63 bits per heavy atom. The molecule has 0 saturated carbocycles. The van der Waals surface area contributed by atoms with Crippen LogP contribution in [0.25, 0.3) is 0 Å². The number of benzene rings is 1. The highest BCUT2D eigenvalue weighted by Gasteiger charge is 2.16. The van der Waals surface area contributed by atoms with Crippen molar-refractivity contribution in [1.29, 1.82) is 0 Å². The topological polar surface area (TPSA) is 54.5 Å². The molecule has 0 saturated heterocycles. The van der Waals surface area contributed by atoms with E-state index in [0.29, 0.717) is 12.1 Å². The van der Waals surface area contributed by atoms with Gasteiger partial charge in [0.1, 0.15) is 0 Å². The number of hydrogen-bond acceptors (Lipinski definition) is 3. The van der Waals surface area contributed by atoms with Crippen LogP contribution in [0.3, 0.4) is 0 Å². The first-order valence-electron chi connectivity index (χ1n) is 5.93. The fourth-order valence-electron chi connectivity index (χ4n) is 1.67. The third-order valence-electron chi connectivity index (χ3n) is 2.57. The molecule has 0 N–H and O–H groups in total. The first-order valence-corrected chi connectivity index (χ1v) is 7.82. The summed E-state index contributed by atoms with van der Waals surface area (Å²) in [6.45, 7) is 2.71. The van der Waals surface area contributed by atoms with Crippen molar-refractivity contribution in [1.82, 2.24) is 4.90 Å². The first-order chi connectivity index (χ1) is 8.90. The summed E-state index contributed by atoms with van der Waals surface area (Å²) in [4.78, 5) is 13.9. The summed E-state index contributed by atoms with van der Waals surface area (Å²) in [6.07, 6.45) is 7.14. The van der Waals surface area contributed by atoms with Crippen LogP contribution >= 0.6 is 0 Å². The van der Waals surface area contributed by atoms with Gasteiger partial charge in [-0.2, -0.15) is 0 Å². The van der Waals surface area contributed by atoms with Gasteiger partial charge in [-0.05, 0) is 24.6 Å². The van der Waals surface area contributed by atoms with Crippen LogP contribution in [0.1, 0.15) is 23.7 Å². The molecule has 0 bridgehead atoms. The van der Waals surface area contributed by atoms with Crippen LogP contribution in [0.4, 0.5) is 0 Å². The van der Waals surface area contributed by atoms with Crippen LogP contribution in [0, 0.1) is 12.3 Å². The van der Waals surface area contributed by atoms with Gasteiger partial charge in [0.15, 0.2) is 9.84 Å². The first kappa shape index (κ1) is 15.3. The molecule has 1 aromatic rings. The second kappa shape index (κ2) is 6.39. The molecule has 0 aliphatic carbocycles. The summed E-state index contributed by atoms with van der Waals surface area (Å²) >= 11 is 0. The largest absolute Gasteiger partial charge is 0.328 e. The maximum atomic E-state index is 12.2. The van der Waals surface area contributed by atoms with E-state index in [4.69, 9.17) is 6.42 Å². The van der Waals surface area contributed by atoms with Crippen molar-refractivity contribution in [3.05, 3.63) is 29.8 Å². The summed E-state index contributed by atoms with van der Waals surface area (Å²) in [6, 6.07) is 6.01. The third kappa shape index (κ3) is 4.11. The predicted octanol–water partition coefficient (Wildman–Crippen LogP) is 1.58. The normalized spacial score (nSPS) is 10.8. The number of carbonyl (C=O) groups is 1. The number of terminal acetylenes is 1. The minimum atomic E-state index is -3.32. The molecule has 0 unspecified atom stereocenters. The van der Waals surface area contributed by atoms with Gasteiger partial charge in [-0.1, -0.05) is 18.9 Å². The van der Waals surface area contributed by atoms with Crippen molar-refractivity contribution in [3.63, 3.8) is 0 Å². The van der Waals surface area contributed by atoms with Crippen LogP contribution < -0.4 is 0 Å². The van der Waals surface area contributed by atoms with E-state index in [9.17, 15) is 13.2 Å². The Hall–Kier alpha value is -1.80. The molecular formula is C14H17NO3S. The van der Waals surface area contributed by atoms with Gasteiger partial charge in [0.2, 0.25) is 0 Å². The zero-order valence-electron chi connectivity index (χ0n) is 11.1. The van der Waals surface area contributed by atoms with Gasteiger partial charge in [-0.3, -0.25) is 4.79 Å². The summed E-state index contributed by atoms with van der Waals surface area (Å²) in [7, 11) is -3.32. The number of sulfone groups is 1. The molecule has 1 amide bonds. The maximum Gasteiger partial charge on any atom is 0.254 e. The van der Waals surface area contributed by atoms with Crippen LogP contribution in [0.5, 0.6) is 0 Å². The van der Waals surface area contributed by atoms with E-state index in [1.54, 1.807) is 12.1 Å². The van der Waals surface area contributed by atoms with E-state index in [1.165, 1.54) is 17.0 Å². The molecule has 1 aromatic carbocycles. The SMILES string of the molecule is C#CCN(CCC)C(=O)c1cccc(S(C)(=O)=O)c1. The number of rotatable bonds is 5. The number of carbonyl (C=O) groups excluding carboxylic acids is 1. The highest BCUT2D eigenvalue weighted by atomic mass is 32.2. The Balaban J connectivity index is 3.09. The van der Waals surface area contributed by atoms with Gasteiger partial charge in [0.25, 0.3) is 5.91 Å². The van der Waals surface area contributed by atoms with Crippen molar-refractivity contribution in [2.75, 3.05) is 19.3 Å². The molecule has 0 spiro atoms. The van der Waals surface area contributed by atoms with Crippen LogP contribution in [0.2, 0.25) is 0 Å². The van der Waals surface area contributed by atoms with Gasteiger partial charge in [0, 0.05) is 18.4 Å². The van der Waals surface area contributed by atoms with E-state index >= 15 is 0 Å². The second-order valence-corrected chi connectivity index (χ2v) is 6.25. The van der Waals surface area contributed by atoms with Crippen molar-refractivity contribution in [2.45, 2.75) is 18.2 Å². The number of amides is 1. The highest BCUT2D eigenvalue weighted by molar-refractivity contribution is 7.90. The van der Waals surface area contributed by atoms with Crippen molar-refractivity contribution < 1.29 is 13.2 Å². The molecule has 1 rings (SSSR count). The van der Waals surface area contributed by atoms with E-state index in [0.717, 1.165) is 12.7 Å². The average Bonchev–Trinajstić information content (AvgIpc) is 2.37. The smallest absolute Gasteiger partial charge is 0.254 e. The summed E-state index contributed by atoms with van der Waals surface area (Å²) in [5.74, 6) is 2.19. The Labute approximate surface area is 114 Å². The summed E-state index contributed by atoms with van der Waals surface area (Å²) in [5, 5.41) is 0. The van der Waals surface area contributed by atoms with E-state index in [2.05, 4.69) is 5.92 Å². The quantitative estimate of drug-likeness (QED) is 0.769. The molecule has 0 fully saturated rings. The summed E-state index contributed by atoms with van der Waals surface area (Å²) < 4.78 is 22.9. The Kier molecular flexibility index (Phi) is 5.13. The molecule has 19 heavy (non-hydrogen) atoms. The van der Waals surface area contributed by atoms with E-state index in [-0.39, 0.29) is 17.3 Å². The van der Waals surface area contributed by atoms with Crippen LogP contribution in [-0.2, 0) is 9.84 Å². The molecule has 0 atom stereocenters. The number of nitrogens with zero attached hydrogens (tertiary/aromatic N) is 1. The molecule has 0 aliphatic rings. The Morgan fingerprint density at radius 1 is 1.42 bits per heavy atom. The van der Waals surface area contributed by atoms with Crippen LogP contribution in [-0.4, -0.2) is 38.6 Å². The predicted molar refractivity (Wildman–Crippen MR) is 74.6 cm³/mol. The van der Waals surface area contributed by atoms with Gasteiger partial charge in [-0.15, -0.1) is 6.42 Å². The molecular weight excluding hydrogens is 262 g/mol. The molecule has 0 heterocycles. The minimum Gasteiger partial charge on any atom is -0.328 e. The molecule has 4 nitrogen and oxygen atoms in total. The van der Waals surface area contributed by atoms with Gasteiger partial charge in [0.05, 0.1) is 11.4 Å². The van der Waals surface area contributed by atoms with Gasteiger partial charge < -0.3 is 4.90 Å². The number of hydrogen-bond donors (Lipinski definition) is 0. The second-order valence-electron chi connectivity index (χ2n) is 4.23. The molecule has 102 valence electrons. The lowest BCUT2D eigenvalue weighted by Crippen LogP contribution is -2.32. The molecule has 5 heteroatoms. The maximum absolute atomic E-state index is 12.2. The Bertz CT molecular complexity index is 599. The average molecular weight is 279 g/mol. The van der Waals surface area contributed by atoms with Gasteiger partial charge >= 0.3 is 0 Å². The lowest BCUT2D eigenvalue weighted by Gasteiger charge is -2.19. The van der Waals surface area contributed by atoms with Crippen molar-refractivity contribution in [2.24, 2.45) is 0 Å². The minimum absolute atomic E-state index is 0.135. The highest BCUT2D eigenvalue weighted by Crippen LogP contribution is 2.13. The van der Waals surface area contributed by atoms with Gasteiger partial charge in [-0.25, -0.2) is 8.42 Å². The molecule has 0 aromatic heterocycles. The zero-order chi connectivity index (χ0) is 14.5. The fourth-order valence-corrected chi connectivity index (χ4v) is 2.34. The zero-order valence-corrected chi connectivity index (χ0v) is 11.9. The fraction of sp³-hybridized carbons (Fsp3) is 0.357. The van der Waals surface area contributed by atoms with Crippen molar-refractivity contribution in [3.8, 4) is 12.3 Å². The Morgan fingerprint density at radius 2 is 2.11 bits per heavy atom. The monoisotopic (exact) mass is 279 g/mol. The summed E-state index contributed by atoms with van der Waals surface area (Å²) in [5.41, 5.74) is 0.339. The molecule has 0 aliphatic heterocycles. The standard InChI is InChI=1S/C14H17NO3S/c1-4-9-15(10-5-2)14(16)12-7-6-8-13(11-12)19(3,17)18/h1,6-8,11H,5,9-10H2,2-3H3. The third-order valence-corrected chi connectivity index (χ3v) is 3.68. The van der Waals surface area contributed by atoms with Crippen LogP contribution in [0.15, 0.2) is 29.2 Å². The molecule has 0 radical (unpaired) electrons. The van der Waals surface area contributed by atoms with E-state index < -0.39 is 9.84 Å². The van der Waals surface area contributed by atoms with Crippen molar-refractivity contribution >= 4 is 15.7 Å². The van der Waals surface area contributed by atoms with E-state index in [1.807, 2.05) is 6.92 Å². The lowest BCUT2D eigenvalue weighted by molar-refractivity contribution is 0.0776. The lowest BCUT2D eigenvalue weighted by atomic mass is 10.2.